The first-order valence-corrected chi connectivity index (χ1v) is 13.4. The summed E-state index contributed by atoms with van der Waals surface area (Å²) in [4.78, 5) is 29.4. The van der Waals surface area contributed by atoms with E-state index >= 15 is 0 Å². The molecule has 2 N–H and O–H groups in total. The maximum atomic E-state index is 14.0. The first-order chi connectivity index (χ1) is 17.5. The smallest absolute Gasteiger partial charge is 0.269 e. The van der Waals surface area contributed by atoms with Gasteiger partial charge in [-0.1, -0.05) is 23.7 Å². The minimum atomic E-state index is -4.30. The molecule has 0 radical (unpaired) electrons. The summed E-state index contributed by atoms with van der Waals surface area (Å²) in [5.74, 6) is -0.420. The Morgan fingerprint density at radius 3 is 2.32 bits per heavy atom. The van der Waals surface area contributed by atoms with Crippen molar-refractivity contribution in [2.45, 2.75) is 43.3 Å². The molecule has 4 rings (SSSR count). The fraction of sp³-hybridized carbons (Fsp3) is 0.360. The zero-order valence-corrected chi connectivity index (χ0v) is 22.5. The van der Waals surface area contributed by atoms with Crippen LogP contribution in [0.2, 0.25) is 5.02 Å². The van der Waals surface area contributed by atoms with E-state index in [9.17, 15) is 18.0 Å². The van der Waals surface area contributed by atoms with Crippen molar-refractivity contribution in [2.75, 3.05) is 20.8 Å². The largest absolute Gasteiger partial charge is 0.497 e. The maximum absolute atomic E-state index is 14.0. The van der Waals surface area contributed by atoms with E-state index in [1.165, 1.54) is 42.4 Å². The number of ether oxygens (including phenoxy) is 2. The van der Waals surface area contributed by atoms with Gasteiger partial charge in [0.25, 0.3) is 10.0 Å². The quantitative estimate of drug-likeness (QED) is 0.562. The number of nitrogens with two attached hydrogens (primary N) is 1. The van der Waals surface area contributed by atoms with Gasteiger partial charge in [-0.15, -0.1) is 0 Å². The Labute approximate surface area is 221 Å². The number of carbonyl (C=O) groups is 2. The number of hydrogen-bond donors (Lipinski definition) is 1. The molecule has 2 aliphatic rings. The van der Waals surface area contributed by atoms with E-state index < -0.39 is 28.0 Å². The van der Waals surface area contributed by atoms with Gasteiger partial charge in [0.15, 0.2) is 0 Å². The van der Waals surface area contributed by atoms with Crippen molar-refractivity contribution in [2.24, 2.45) is 5.73 Å². The van der Waals surface area contributed by atoms with Gasteiger partial charge in [0.05, 0.1) is 20.8 Å². The van der Waals surface area contributed by atoms with Gasteiger partial charge < -0.3 is 20.1 Å². The Morgan fingerprint density at radius 1 is 1.05 bits per heavy atom. The topological polar surface area (TPSA) is 122 Å². The van der Waals surface area contributed by atoms with Crippen LogP contribution in [0.5, 0.6) is 11.5 Å². The zero-order chi connectivity index (χ0) is 27.1. The molecule has 2 amide bonds. The molecule has 1 saturated heterocycles. The molecule has 2 unspecified atom stereocenters. The number of fused-ring (bicyclic) bond motifs is 1. The lowest BCUT2D eigenvalue weighted by molar-refractivity contribution is -0.149. The van der Waals surface area contributed by atoms with Gasteiger partial charge in [0.1, 0.15) is 34.3 Å². The third-order valence-electron chi connectivity index (χ3n) is 6.36. The number of methoxy groups -OCH3 is 2. The maximum Gasteiger partial charge on any atom is 0.269 e. The number of nitrogens with zero attached hydrogens (tertiary/aromatic N) is 3. The molecule has 2 aromatic rings. The highest BCUT2D eigenvalue weighted by molar-refractivity contribution is 7.89. The van der Waals surface area contributed by atoms with Crippen LogP contribution in [-0.2, 0) is 26.0 Å². The molecule has 2 aliphatic heterocycles. The Kier molecular flexibility index (Phi) is 7.40. The number of benzene rings is 2. The molecular formula is C25H29ClN4O6S. The van der Waals surface area contributed by atoms with Crippen molar-refractivity contribution in [3.8, 4) is 11.5 Å². The Morgan fingerprint density at radius 2 is 1.73 bits per heavy atom. The summed E-state index contributed by atoms with van der Waals surface area (Å²) < 4.78 is 39.7. The molecular weight excluding hydrogens is 520 g/mol. The number of rotatable bonds is 7. The molecule has 2 heterocycles. The number of sulfonamides is 1. The van der Waals surface area contributed by atoms with Gasteiger partial charge in [-0.3, -0.25) is 14.5 Å². The van der Waals surface area contributed by atoms with Crippen LogP contribution >= 0.6 is 11.6 Å². The fourth-order valence-corrected chi connectivity index (χ4v) is 6.20. The molecule has 2 atom stereocenters. The van der Waals surface area contributed by atoms with Crippen molar-refractivity contribution in [1.82, 2.24) is 14.1 Å². The number of carbonyl (C=O) groups excluding carboxylic acids is 2. The SMILES string of the molecule is COc1ccc(OC)c(S(=O)(=O)N2CC(N)C(=O)N3C2=CN(C(C)C)C(=O)C3Cc2ccc(Cl)cc2)c1. The predicted octanol–water partition coefficient (Wildman–Crippen LogP) is 2.18. The van der Waals surface area contributed by atoms with Gasteiger partial charge in [0, 0.05) is 29.8 Å². The lowest BCUT2D eigenvalue weighted by Crippen LogP contribution is -2.66. The van der Waals surface area contributed by atoms with Crippen molar-refractivity contribution >= 4 is 33.4 Å². The lowest BCUT2D eigenvalue weighted by Gasteiger charge is -2.48. The normalized spacial score (nSPS) is 20.2. The van der Waals surface area contributed by atoms with E-state index in [1.807, 2.05) is 13.8 Å². The minimum Gasteiger partial charge on any atom is -0.497 e. The molecule has 12 heteroatoms. The van der Waals surface area contributed by atoms with Crippen molar-refractivity contribution < 1.29 is 27.5 Å². The number of hydrogen-bond acceptors (Lipinski definition) is 7. The fourth-order valence-electron chi connectivity index (χ4n) is 4.42. The average molecular weight is 549 g/mol. The second-order valence-electron chi connectivity index (χ2n) is 9.04. The van der Waals surface area contributed by atoms with E-state index in [0.717, 1.165) is 9.87 Å². The predicted molar refractivity (Wildman–Crippen MR) is 137 cm³/mol. The highest BCUT2D eigenvalue weighted by Gasteiger charge is 2.49. The van der Waals surface area contributed by atoms with E-state index in [0.29, 0.717) is 10.8 Å². The van der Waals surface area contributed by atoms with E-state index in [4.69, 9.17) is 26.8 Å². The van der Waals surface area contributed by atoms with Gasteiger partial charge in [0.2, 0.25) is 11.8 Å². The third-order valence-corrected chi connectivity index (χ3v) is 8.41. The molecule has 2 aromatic carbocycles. The Bertz CT molecular complexity index is 1350. The Hall–Kier alpha value is -3.28. The lowest BCUT2D eigenvalue weighted by atomic mass is 9.99. The van der Waals surface area contributed by atoms with E-state index in [2.05, 4.69) is 0 Å². The van der Waals surface area contributed by atoms with Gasteiger partial charge in [-0.2, -0.15) is 0 Å². The highest BCUT2D eigenvalue weighted by atomic mass is 35.5. The van der Waals surface area contributed by atoms with Crippen molar-refractivity contribution in [3.63, 3.8) is 0 Å². The van der Waals surface area contributed by atoms with Crippen molar-refractivity contribution in [1.29, 1.82) is 0 Å². The summed E-state index contributed by atoms with van der Waals surface area (Å²) in [5, 5.41) is 0.531. The standard InChI is InChI=1S/C25H29ClN4O6S/c1-15(2)28-14-23-29(37(33,34)22-12-18(35-3)9-10-21(22)36-4)13-19(27)24(31)30(23)20(25(28)32)11-16-5-7-17(26)8-6-16/h5-10,12,14-15,19-20H,11,13,27H2,1-4H3. The number of amides is 2. The van der Waals surface area contributed by atoms with Crippen molar-refractivity contribution in [3.05, 3.63) is 65.1 Å². The summed E-state index contributed by atoms with van der Waals surface area (Å²) in [7, 11) is -1.52. The monoisotopic (exact) mass is 548 g/mol. The summed E-state index contributed by atoms with van der Waals surface area (Å²) in [6.45, 7) is 3.31. The van der Waals surface area contributed by atoms with E-state index in [-0.39, 0.29) is 41.4 Å². The molecule has 37 heavy (non-hydrogen) atoms. The van der Waals surface area contributed by atoms with Crippen LogP contribution in [0, 0.1) is 0 Å². The molecule has 198 valence electrons. The second-order valence-corrected chi connectivity index (χ2v) is 11.3. The summed E-state index contributed by atoms with van der Waals surface area (Å²) in [5.41, 5.74) is 6.92. The average Bonchev–Trinajstić information content (AvgIpc) is 2.87. The van der Waals surface area contributed by atoms with Gasteiger partial charge in [-0.25, -0.2) is 12.7 Å². The highest BCUT2D eigenvalue weighted by Crippen LogP contribution is 2.37. The van der Waals surface area contributed by atoms with Crippen LogP contribution in [0.25, 0.3) is 0 Å². The molecule has 0 aromatic heterocycles. The third kappa shape index (κ3) is 4.86. The minimum absolute atomic E-state index is 0.0452. The summed E-state index contributed by atoms with van der Waals surface area (Å²) >= 11 is 6.02. The van der Waals surface area contributed by atoms with Crippen LogP contribution in [0.1, 0.15) is 19.4 Å². The van der Waals surface area contributed by atoms with Crippen LogP contribution in [-0.4, -0.2) is 73.2 Å². The first-order valence-electron chi connectivity index (χ1n) is 11.6. The molecule has 0 saturated carbocycles. The van der Waals surface area contributed by atoms with Crippen LogP contribution in [0.3, 0.4) is 0 Å². The van der Waals surface area contributed by atoms with Gasteiger partial charge >= 0.3 is 0 Å². The zero-order valence-electron chi connectivity index (χ0n) is 20.9. The van der Waals surface area contributed by atoms with Gasteiger partial charge in [-0.05, 0) is 43.7 Å². The second kappa shape index (κ2) is 10.2. The molecule has 0 spiro atoms. The molecule has 1 fully saturated rings. The molecule has 0 aliphatic carbocycles. The number of halogens is 1. The molecule has 0 bridgehead atoms. The van der Waals surface area contributed by atoms with Crippen LogP contribution in [0.15, 0.2) is 59.4 Å². The first kappa shape index (κ1) is 26.8. The van der Waals surface area contributed by atoms with Crippen LogP contribution in [0.4, 0.5) is 0 Å². The van der Waals surface area contributed by atoms with E-state index in [1.54, 1.807) is 30.3 Å². The summed E-state index contributed by atoms with van der Waals surface area (Å²) in [6.07, 6.45) is 1.55. The Balaban J connectivity index is 1.86. The molecule has 10 nitrogen and oxygen atoms in total. The van der Waals surface area contributed by atoms with Crippen LogP contribution < -0.4 is 15.2 Å². The summed E-state index contributed by atoms with van der Waals surface area (Å²) in [6, 6.07) is 8.83.